The molecule has 1 aliphatic heterocycles. The lowest BCUT2D eigenvalue weighted by molar-refractivity contribution is -0.269. The molecule has 5 nitrogen and oxygen atoms in total. The number of allylic oxidation sites excluding steroid dienone is 1. The predicted molar refractivity (Wildman–Crippen MR) is 116 cm³/mol. The molecule has 1 saturated heterocycles. The number of fused-ring (bicyclic) bond motifs is 3. The summed E-state index contributed by atoms with van der Waals surface area (Å²) in [4.78, 5) is 23.5. The van der Waals surface area contributed by atoms with Gasteiger partial charge in [-0.05, 0) is 83.5 Å². The molecule has 2 saturated carbocycles. The molecule has 6 atom stereocenters. The topological polar surface area (TPSA) is 72.8 Å². The summed E-state index contributed by atoms with van der Waals surface area (Å²) in [5.74, 6) is -0.153. The Hall–Kier alpha value is -1.36. The molecule has 0 aromatic heterocycles. The van der Waals surface area contributed by atoms with Gasteiger partial charge in [0.15, 0.2) is 0 Å². The second-order valence-electron chi connectivity index (χ2n) is 11.5. The minimum Gasteiger partial charge on any atom is -0.481 e. The summed E-state index contributed by atoms with van der Waals surface area (Å²) in [5.41, 5.74) is 0.174. The molecule has 0 spiro atoms. The van der Waals surface area contributed by atoms with Crippen LogP contribution in [-0.2, 0) is 19.1 Å². The number of carbonyl (C=O) groups excluding carboxylic acids is 1. The summed E-state index contributed by atoms with van der Waals surface area (Å²) >= 11 is 0. The van der Waals surface area contributed by atoms with E-state index in [1.165, 1.54) is 0 Å². The zero-order valence-corrected chi connectivity index (χ0v) is 19.7. The average Bonchev–Trinajstić information content (AvgIpc) is 2.57. The van der Waals surface area contributed by atoms with Gasteiger partial charge in [0.25, 0.3) is 0 Å². The van der Waals surface area contributed by atoms with E-state index in [0.29, 0.717) is 18.4 Å². The number of carboxylic acids is 1. The van der Waals surface area contributed by atoms with Crippen LogP contribution in [0, 0.1) is 22.7 Å². The summed E-state index contributed by atoms with van der Waals surface area (Å²) in [5, 5.41) is 9.35. The summed E-state index contributed by atoms with van der Waals surface area (Å²) in [7, 11) is 0. The predicted octanol–water partition coefficient (Wildman–Crippen LogP) is 5.52. The Morgan fingerprint density at radius 1 is 1.03 bits per heavy atom. The van der Waals surface area contributed by atoms with E-state index in [2.05, 4.69) is 20.8 Å². The molecule has 2 aliphatic carbocycles. The highest BCUT2D eigenvalue weighted by Crippen LogP contribution is 2.65. The Morgan fingerprint density at radius 2 is 1.70 bits per heavy atom. The fourth-order valence-corrected chi connectivity index (χ4v) is 7.37. The molecule has 3 aliphatic rings. The van der Waals surface area contributed by atoms with Gasteiger partial charge in [-0.25, -0.2) is 4.79 Å². The van der Waals surface area contributed by atoms with Crippen molar-refractivity contribution in [2.45, 2.75) is 104 Å². The van der Waals surface area contributed by atoms with Crippen molar-refractivity contribution in [3.8, 4) is 0 Å². The third-order valence-corrected chi connectivity index (χ3v) is 8.48. The third kappa shape index (κ3) is 4.32. The lowest BCUT2D eigenvalue weighted by atomic mass is 9.44. The van der Waals surface area contributed by atoms with Gasteiger partial charge in [0.2, 0.25) is 0 Å². The number of hydrogen-bond donors (Lipinski definition) is 1. The van der Waals surface area contributed by atoms with Crippen LogP contribution in [0.2, 0.25) is 0 Å². The van der Waals surface area contributed by atoms with Crippen molar-refractivity contribution in [3.05, 3.63) is 11.6 Å². The highest BCUT2D eigenvalue weighted by molar-refractivity contribution is 5.82. The molecule has 170 valence electrons. The highest BCUT2D eigenvalue weighted by Gasteiger charge is 2.62. The van der Waals surface area contributed by atoms with Crippen molar-refractivity contribution in [2.75, 3.05) is 6.61 Å². The maximum Gasteiger partial charge on any atom is 0.330 e. The molecular weight excluding hydrogens is 380 g/mol. The fourth-order valence-electron chi connectivity index (χ4n) is 7.37. The van der Waals surface area contributed by atoms with Crippen LogP contribution in [0.1, 0.15) is 92.9 Å². The molecular formula is C25H40O5. The molecule has 0 bridgehead atoms. The van der Waals surface area contributed by atoms with Crippen molar-refractivity contribution in [1.82, 2.24) is 0 Å². The van der Waals surface area contributed by atoms with Crippen molar-refractivity contribution in [1.29, 1.82) is 0 Å². The Morgan fingerprint density at radius 3 is 2.33 bits per heavy atom. The minimum absolute atomic E-state index is 0.0265. The quantitative estimate of drug-likeness (QED) is 0.468. The monoisotopic (exact) mass is 420 g/mol. The normalized spacial score (nSPS) is 43.1. The molecule has 0 amide bonds. The molecule has 0 aromatic carbocycles. The second kappa shape index (κ2) is 7.96. The highest BCUT2D eigenvalue weighted by atomic mass is 16.5. The fraction of sp³-hybridized carbons (Fsp3) is 0.840. The van der Waals surface area contributed by atoms with Gasteiger partial charge >= 0.3 is 11.9 Å². The van der Waals surface area contributed by atoms with E-state index < -0.39 is 11.6 Å². The molecule has 3 fully saturated rings. The van der Waals surface area contributed by atoms with Crippen LogP contribution in [-0.4, -0.2) is 34.9 Å². The van der Waals surface area contributed by atoms with Crippen molar-refractivity contribution in [2.24, 2.45) is 22.7 Å². The van der Waals surface area contributed by atoms with Gasteiger partial charge in [-0.2, -0.15) is 0 Å². The number of rotatable bonds is 5. The zero-order chi connectivity index (χ0) is 22.4. The van der Waals surface area contributed by atoms with Crippen LogP contribution in [0.3, 0.4) is 0 Å². The van der Waals surface area contributed by atoms with Crippen LogP contribution >= 0.6 is 0 Å². The Labute approximate surface area is 181 Å². The Bertz CT molecular complexity index is 725. The van der Waals surface area contributed by atoms with E-state index in [-0.39, 0.29) is 28.8 Å². The van der Waals surface area contributed by atoms with Gasteiger partial charge < -0.3 is 14.6 Å². The smallest absolute Gasteiger partial charge is 0.330 e. The van der Waals surface area contributed by atoms with Gasteiger partial charge in [0, 0.05) is 11.5 Å². The maximum atomic E-state index is 12.2. The first kappa shape index (κ1) is 23.3. The SMILES string of the molecule is CC(C)=CC(=O)OC[C@@]1(C)CCC[C@]2(C)[C@@H]1CC[C@]1(C)O[C@](C)(CC(=O)O)CC[C@@H]21. The molecule has 0 unspecified atom stereocenters. The minimum atomic E-state index is -0.789. The number of esters is 1. The lowest BCUT2D eigenvalue weighted by Crippen LogP contribution is -2.63. The summed E-state index contributed by atoms with van der Waals surface area (Å²) in [6.45, 7) is 13.2. The number of carbonyl (C=O) groups is 2. The number of ether oxygens (including phenoxy) is 2. The first-order valence-electron chi connectivity index (χ1n) is 11.6. The van der Waals surface area contributed by atoms with E-state index in [1.54, 1.807) is 6.08 Å². The first-order valence-corrected chi connectivity index (χ1v) is 11.6. The van der Waals surface area contributed by atoms with Crippen LogP contribution in [0.25, 0.3) is 0 Å². The maximum absolute atomic E-state index is 12.2. The van der Waals surface area contributed by atoms with E-state index in [0.717, 1.165) is 50.5 Å². The van der Waals surface area contributed by atoms with Gasteiger partial charge in [0.1, 0.15) is 0 Å². The largest absolute Gasteiger partial charge is 0.481 e. The number of carboxylic acid groups (broad SMARTS) is 1. The standard InChI is InChI=1S/C25H40O5/c1-17(2)14-21(28)29-16-22(3)10-7-11-24(5)18(22)9-13-25(6)19(24)8-12-23(4,30-25)15-20(26)27/h14,18-19H,7-13,15-16H2,1-6H3,(H,26,27)/t18-,19+,22-,23+,24-,25+/m1/s1. The number of hydrogen-bond acceptors (Lipinski definition) is 4. The van der Waals surface area contributed by atoms with E-state index in [1.807, 2.05) is 20.8 Å². The van der Waals surface area contributed by atoms with E-state index in [9.17, 15) is 14.7 Å². The summed E-state index contributed by atoms with van der Waals surface area (Å²) in [6.07, 6.45) is 8.76. The van der Waals surface area contributed by atoms with Crippen LogP contribution in [0.15, 0.2) is 11.6 Å². The summed E-state index contributed by atoms with van der Waals surface area (Å²) in [6, 6.07) is 0. The van der Waals surface area contributed by atoms with Crippen LogP contribution in [0.5, 0.6) is 0 Å². The molecule has 0 radical (unpaired) electrons. The van der Waals surface area contributed by atoms with Crippen LogP contribution < -0.4 is 0 Å². The van der Waals surface area contributed by atoms with Crippen molar-refractivity contribution in [3.63, 3.8) is 0 Å². The molecule has 5 heteroatoms. The Kier molecular flexibility index (Phi) is 6.18. The second-order valence-corrected chi connectivity index (χ2v) is 11.5. The average molecular weight is 421 g/mol. The number of aliphatic carboxylic acids is 1. The third-order valence-electron chi connectivity index (χ3n) is 8.48. The van der Waals surface area contributed by atoms with Gasteiger partial charge in [-0.3, -0.25) is 4.79 Å². The molecule has 1 heterocycles. The van der Waals surface area contributed by atoms with Gasteiger partial charge in [-0.1, -0.05) is 25.8 Å². The molecule has 0 aromatic rings. The molecule has 30 heavy (non-hydrogen) atoms. The molecule has 1 N–H and O–H groups in total. The van der Waals surface area contributed by atoms with Crippen LogP contribution in [0.4, 0.5) is 0 Å². The zero-order valence-electron chi connectivity index (χ0n) is 19.7. The van der Waals surface area contributed by atoms with E-state index >= 15 is 0 Å². The van der Waals surface area contributed by atoms with Crippen molar-refractivity contribution < 1.29 is 24.2 Å². The first-order chi connectivity index (χ1) is 13.8. The van der Waals surface area contributed by atoms with Crippen molar-refractivity contribution >= 4 is 11.9 Å². The Balaban J connectivity index is 1.80. The molecule has 3 rings (SSSR count). The van der Waals surface area contributed by atoms with E-state index in [4.69, 9.17) is 9.47 Å². The van der Waals surface area contributed by atoms with Gasteiger partial charge in [-0.15, -0.1) is 0 Å². The summed E-state index contributed by atoms with van der Waals surface area (Å²) < 4.78 is 12.3. The lowest BCUT2D eigenvalue weighted by Gasteiger charge is -2.65. The van der Waals surface area contributed by atoms with Gasteiger partial charge in [0.05, 0.1) is 24.2 Å².